The van der Waals surface area contributed by atoms with E-state index in [4.69, 9.17) is 42.6 Å². The predicted octanol–water partition coefficient (Wildman–Crippen LogP) is 7.26. The molecule has 10 atom stereocenters. The molecular formula is C53H48O13. The number of hydrogen-bond acceptors (Lipinski definition) is 13. The standard InChI is InChI=1S/C53H48O13/c1-34-60-47-45(43(54)41(62-51(47)61-34)33-59-53(38-26-14-5-15-27-38,39-28-16-6-17-29-39)40-30-18-7-19-31-40)66-52-46(65-50(57)37-24-12-4-13-25-37)44(64-49(56)36-22-10-3-11-23-36)42(63-52)32-58-48(55)35-20-8-2-9-21-35/h2-31,34,41-47,51-52,54H,32-33H2,1H3/t34?,41-,42+,43+,44+,45+,46-,47-,51+,52+/m1/s1. The first kappa shape index (κ1) is 44.6. The average molecular weight is 893 g/mol. The summed E-state index contributed by atoms with van der Waals surface area (Å²) < 4.78 is 56.9. The van der Waals surface area contributed by atoms with Gasteiger partial charge >= 0.3 is 17.9 Å². The summed E-state index contributed by atoms with van der Waals surface area (Å²) in [5, 5.41) is 12.4. The summed E-state index contributed by atoms with van der Waals surface area (Å²) in [7, 11) is 0. The Hall–Kier alpha value is -6.55. The van der Waals surface area contributed by atoms with Crippen LogP contribution in [0.3, 0.4) is 0 Å². The van der Waals surface area contributed by atoms with Crippen LogP contribution in [0.5, 0.6) is 0 Å². The zero-order valence-electron chi connectivity index (χ0n) is 35.9. The highest BCUT2D eigenvalue weighted by atomic mass is 16.8. The Morgan fingerprint density at radius 3 is 1.42 bits per heavy atom. The van der Waals surface area contributed by atoms with Gasteiger partial charge in [-0.05, 0) is 60.0 Å². The van der Waals surface area contributed by atoms with Gasteiger partial charge in [0, 0.05) is 0 Å². The van der Waals surface area contributed by atoms with Crippen LogP contribution in [0, 0.1) is 0 Å². The number of carbonyl (C=O) groups is 3. The zero-order valence-corrected chi connectivity index (χ0v) is 35.9. The van der Waals surface area contributed by atoms with E-state index in [0.29, 0.717) is 0 Å². The van der Waals surface area contributed by atoms with Crippen LogP contribution in [0.1, 0.15) is 54.7 Å². The molecule has 0 aromatic heterocycles. The molecule has 3 fully saturated rings. The van der Waals surface area contributed by atoms with Crippen LogP contribution in [0.25, 0.3) is 0 Å². The molecule has 0 radical (unpaired) electrons. The molecule has 0 spiro atoms. The molecule has 338 valence electrons. The van der Waals surface area contributed by atoms with Crippen LogP contribution in [-0.4, -0.2) is 97.8 Å². The minimum absolute atomic E-state index is 0.173. The van der Waals surface area contributed by atoms with E-state index in [1.807, 2.05) is 91.0 Å². The first-order valence-corrected chi connectivity index (χ1v) is 21.8. The lowest BCUT2D eigenvalue weighted by atomic mass is 9.80. The van der Waals surface area contributed by atoms with Gasteiger partial charge in [-0.1, -0.05) is 146 Å². The topological polar surface area (TPSA) is 155 Å². The van der Waals surface area contributed by atoms with Gasteiger partial charge in [0.15, 0.2) is 31.1 Å². The summed E-state index contributed by atoms with van der Waals surface area (Å²) >= 11 is 0. The van der Waals surface area contributed by atoms with E-state index < -0.39 is 91.7 Å². The molecule has 13 nitrogen and oxygen atoms in total. The van der Waals surface area contributed by atoms with Crippen molar-refractivity contribution in [1.29, 1.82) is 0 Å². The normalized spacial score (nSPS) is 25.9. The van der Waals surface area contributed by atoms with E-state index in [1.165, 1.54) is 0 Å². The lowest BCUT2D eigenvalue weighted by Gasteiger charge is -2.43. The van der Waals surface area contributed by atoms with Crippen molar-refractivity contribution in [3.63, 3.8) is 0 Å². The monoisotopic (exact) mass is 892 g/mol. The molecular weight excluding hydrogens is 845 g/mol. The Labute approximate surface area is 381 Å². The Kier molecular flexibility index (Phi) is 13.7. The number of esters is 3. The van der Waals surface area contributed by atoms with Crippen LogP contribution >= 0.6 is 0 Å². The second-order valence-corrected chi connectivity index (χ2v) is 16.0. The fourth-order valence-corrected chi connectivity index (χ4v) is 8.56. The summed E-state index contributed by atoms with van der Waals surface area (Å²) in [5.74, 6) is -2.19. The molecule has 3 aliphatic rings. The number of rotatable bonds is 15. The Bertz CT molecular complexity index is 2420. The van der Waals surface area contributed by atoms with E-state index in [0.717, 1.165) is 16.7 Å². The van der Waals surface area contributed by atoms with Gasteiger partial charge in [-0.15, -0.1) is 0 Å². The van der Waals surface area contributed by atoms with Crippen molar-refractivity contribution in [2.24, 2.45) is 0 Å². The van der Waals surface area contributed by atoms with Crippen molar-refractivity contribution in [2.45, 2.75) is 74.1 Å². The smallest absolute Gasteiger partial charge is 0.338 e. The fourth-order valence-electron chi connectivity index (χ4n) is 8.56. The summed E-state index contributed by atoms with van der Waals surface area (Å²) in [6.45, 7) is 1.08. The Morgan fingerprint density at radius 2 is 0.939 bits per heavy atom. The van der Waals surface area contributed by atoms with Gasteiger partial charge < -0.3 is 47.7 Å². The van der Waals surface area contributed by atoms with Gasteiger partial charge in [0.25, 0.3) is 0 Å². The number of aliphatic hydroxyl groups is 1. The Balaban J connectivity index is 1.05. The number of hydrogen-bond donors (Lipinski definition) is 1. The average Bonchev–Trinajstić information content (AvgIpc) is 3.90. The molecule has 13 heteroatoms. The highest BCUT2D eigenvalue weighted by Gasteiger charge is 2.57. The summed E-state index contributed by atoms with van der Waals surface area (Å²) in [6.07, 6.45) is -12.2. The maximum Gasteiger partial charge on any atom is 0.338 e. The summed E-state index contributed by atoms with van der Waals surface area (Å²) in [4.78, 5) is 40.9. The molecule has 0 amide bonds. The van der Waals surface area contributed by atoms with Crippen molar-refractivity contribution >= 4 is 17.9 Å². The molecule has 0 aliphatic carbocycles. The number of ether oxygens (including phenoxy) is 9. The molecule has 1 unspecified atom stereocenters. The molecule has 66 heavy (non-hydrogen) atoms. The van der Waals surface area contributed by atoms with Crippen molar-refractivity contribution in [3.8, 4) is 0 Å². The van der Waals surface area contributed by atoms with Crippen LogP contribution in [0.2, 0.25) is 0 Å². The van der Waals surface area contributed by atoms with Gasteiger partial charge in [-0.2, -0.15) is 0 Å². The maximum atomic E-state index is 13.9. The highest BCUT2D eigenvalue weighted by Crippen LogP contribution is 2.43. The van der Waals surface area contributed by atoms with Gasteiger partial charge in [-0.25, -0.2) is 14.4 Å². The number of benzene rings is 6. The number of aliphatic hydroxyl groups excluding tert-OH is 1. The molecule has 3 heterocycles. The molecule has 3 saturated heterocycles. The predicted molar refractivity (Wildman–Crippen MR) is 237 cm³/mol. The molecule has 6 aromatic carbocycles. The van der Waals surface area contributed by atoms with Crippen molar-refractivity contribution in [3.05, 3.63) is 215 Å². The highest BCUT2D eigenvalue weighted by molar-refractivity contribution is 5.91. The SMILES string of the molecule is CC1O[C@H]2O[C@H](COC(c3ccccc3)(c3ccccc3)c3ccccc3)[C@H](O)[C@H](O[C@@H]3O[C@@H](COC(=O)c4ccccc4)[C@H](OC(=O)c4ccccc4)[C@H]3OC(=O)c3ccccc3)[C@H]2O1. The summed E-state index contributed by atoms with van der Waals surface area (Å²) in [6, 6.07) is 54.2. The molecule has 9 rings (SSSR count). The number of fused-ring (bicyclic) bond motifs is 1. The van der Waals surface area contributed by atoms with E-state index in [1.54, 1.807) is 97.9 Å². The van der Waals surface area contributed by atoms with Crippen LogP contribution in [-0.2, 0) is 48.2 Å². The van der Waals surface area contributed by atoms with Crippen LogP contribution in [0.15, 0.2) is 182 Å². The quantitative estimate of drug-likeness (QED) is 0.0626. The van der Waals surface area contributed by atoms with E-state index in [-0.39, 0.29) is 23.3 Å². The number of carbonyl (C=O) groups excluding carboxylic acids is 3. The third-order valence-corrected chi connectivity index (χ3v) is 11.8. The van der Waals surface area contributed by atoms with E-state index >= 15 is 0 Å². The van der Waals surface area contributed by atoms with E-state index in [2.05, 4.69) is 0 Å². The first-order chi connectivity index (χ1) is 32.3. The molecule has 1 N–H and O–H groups in total. The van der Waals surface area contributed by atoms with Crippen molar-refractivity contribution in [2.75, 3.05) is 13.2 Å². The minimum Gasteiger partial charge on any atom is -0.459 e. The van der Waals surface area contributed by atoms with Crippen molar-refractivity contribution in [1.82, 2.24) is 0 Å². The fraction of sp³-hybridized carbons (Fsp3) is 0.264. The third-order valence-electron chi connectivity index (χ3n) is 11.8. The van der Waals surface area contributed by atoms with E-state index in [9.17, 15) is 19.5 Å². The van der Waals surface area contributed by atoms with Gasteiger partial charge in [0.2, 0.25) is 0 Å². The molecule has 0 saturated carbocycles. The minimum atomic E-state index is -1.52. The molecule has 3 aliphatic heterocycles. The lowest BCUT2D eigenvalue weighted by Crippen LogP contribution is -2.60. The maximum absolute atomic E-state index is 13.9. The lowest BCUT2D eigenvalue weighted by molar-refractivity contribution is -0.299. The molecule has 6 aromatic rings. The van der Waals surface area contributed by atoms with Gasteiger partial charge in [0.05, 0.1) is 23.3 Å². The first-order valence-electron chi connectivity index (χ1n) is 21.8. The van der Waals surface area contributed by atoms with Crippen molar-refractivity contribution < 1.29 is 62.1 Å². The molecule has 0 bridgehead atoms. The second-order valence-electron chi connectivity index (χ2n) is 16.0. The van der Waals surface area contributed by atoms with Crippen LogP contribution in [0.4, 0.5) is 0 Å². The Morgan fingerprint density at radius 1 is 0.500 bits per heavy atom. The zero-order chi connectivity index (χ0) is 45.5. The third kappa shape index (κ3) is 9.55. The van der Waals surface area contributed by atoms with Gasteiger partial charge in [0.1, 0.15) is 42.7 Å². The van der Waals surface area contributed by atoms with Crippen LogP contribution < -0.4 is 0 Å². The second kappa shape index (κ2) is 20.3. The van der Waals surface area contributed by atoms with Gasteiger partial charge in [-0.3, -0.25) is 0 Å². The largest absolute Gasteiger partial charge is 0.459 e. The summed E-state index contributed by atoms with van der Waals surface area (Å²) in [5.41, 5.74) is 2.04.